The molecule has 16 heavy (non-hydrogen) atoms. The van der Waals surface area contributed by atoms with E-state index in [1.54, 1.807) is 4.90 Å². The number of rotatable bonds is 4. The molecule has 0 radical (unpaired) electrons. The van der Waals surface area contributed by atoms with Crippen molar-refractivity contribution in [3.05, 3.63) is 35.4 Å². The van der Waals surface area contributed by atoms with Crippen LogP contribution in [0, 0.1) is 5.92 Å². The van der Waals surface area contributed by atoms with E-state index in [1.807, 2.05) is 31.3 Å². The van der Waals surface area contributed by atoms with E-state index in [4.69, 9.17) is 5.73 Å². The quantitative estimate of drug-likeness (QED) is 0.842. The first-order valence-corrected chi connectivity index (χ1v) is 5.59. The monoisotopic (exact) mass is 220 g/mol. The fourth-order valence-electron chi connectivity index (χ4n) is 1.68. The van der Waals surface area contributed by atoms with Crippen molar-refractivity contribution in [3.8, 4) is 0 Å². The van der Waals surface area contributed by atoms with E-state index in [0.29, 0.717) is 18.0 Å². The zero-order valence-corrected chi connectivity index (χ0v) is 10.2. The number of nitrogens with two attached hydrogens (primary N) is 1. The van der Waals surface area contributed by atoms with E-state index < -0.39 is 0 Å². The lowest BCUT2D eigenvalue weighted by atomic mass is 10.1. The Hall–Kier alpha value is -1.35. The fourth-order valence-corrected chi connectivity index (χ4v) is 1.68. The smallest absolute Gasteiger partial charge is 0.253 e. The summed E-state index contributed by atoms with van der Waals surface area (Å²) >= 11 is 0. The molecule has 3 nitrogen and oxygen atoms in total. The highest BCUT2D eigenvalue weighted by atomic mass is 16.2. The van der Waals surface area contributed by atoms with Crippen LogP contribution in [0.1, 0.15) is 29.8 Å². The van der Waals surface area contributed by atoms with Gasteiger partial charge in [-0.2, -0.15) is 0 Å². The molecule has 0 spiro atoms. The SMILES string of the molecule is CC(C)CN(C)C(=O)c1cccc(CN)c1. The zero-order chi connectivity index (χ0) is 12.1. The summed E-state index contributed by atoms with van der Waals surface area (Å²) in [5.74, 6) is 0.538. The summed E-state index contributed by atoms with van der Waals surface area (Å²) < 4.78 is 0. The van der Waals surface area contributed by atoms with Gasteiger partial charge in [0.2, 0.25) is 0 Å². The van der Waals surface area contributed by atoms with E-state index in [-0.39, 0.29) is 5.91 Å². The Morgan fingerprint density at radius 3 is 2.69 bits per heavy atom. The highest BCUT2D eigenvalue weighted by Gasteiger charge is 2.12. The average molecular weight is 220 g/mol. The van der Waals surface area contributed by atoms with Crippen LogP contribution in [-0.2, 0) is 6.54 Å². The molecule has 0 aliphatic rings. The molecule has 0 saturated heterocycles. The van der Waals surface area contributed by atoms with Crippen LogP contribution in [-0.4, -0.2) is 24.4 Å². The molecule has 88 valence electrons. The Morgan fingerprint density at radius 1 is 1.44 bits per heavy atom. The van der Waals surface area contributed by atoms with Crippen LogP contribution >= 0.6 is 0 Å². The summed E-state index contributed by atoms with van der Waals surface area (Å²) in [6, 6.07) is 7.50. The van der Waals surface area contributed by atoms with Crippen molar-refractivity contribution in [2.24, 2.45) is 11.7 Å². The molecule has 0 bridgehead atoms. The van der Waals surface area contributed by atoms with E-state index in [9.17, 15) is 4.79 Å². The second-order valence-electron chi connectivity index (χ2n) is 4.48. The van der Waals surface area contributed by atoms with Crippen LogP contribution in [0.4, 0.5) is 0 Å². The van der Waals surface area contributed by atoms with Gasteiger partial charge in [-0.1, -0.05) is 26.0 Å². The highest BCUT2D eigenvalue weighted by Crippen LogP contribution is 2.08. The first kappa shape index (κ1) is 12.7. The van der Waals surface area contributed by atoms with Crippen molar-refractivity contribution in [1.82, 2.24) is 4.90 Å². The summed E-state index contributed by atoms with van der Waals surface area (Å²) in [6.07, 6.45) is 0. The minimum absolute atomic E-state index is 0.0593. The van der Waals surface area contributed by atoms with Crippen LogP contribution in [0.15, 0.2) is 24.3 Å². The molecule has 0 aliphatic carbocycles. The molecule has 1 amide bonds. The predicted octanol–water partition coefficient (Wildman–Crippen LogP) is 1.87. The maximum Gasteiger partial charge on any atom is 0.253 e. The predicted molar refractivity (Wildman–Crippen MR) is 66.1 cm³/mol. The maximum atomic E-state index is 12.0. The third kappa shape index (κ3) is 3.35. The molecule has 2 N–H and O–H groups in total. The molecule has 0 heterocycles. The molecule has 1 aromatic carbocycles. The Kier molecular flexibility index (Phi) is 4.50. The Morgan fingerprint density at radius 2 is 2.12 bits per heavy atom. The Bertz CT molecular complexity index is 361. The molecule has 0 unspecified atom stereocenters. The van der Waals surface area contributed by atoms with Crippen LogP contribution in [0.5, 0.6) is 0 Å². The van der Waals surface area contributed by atoms with Crippen LogP contribution in [0.3, 0.4) is 0 Å². The number of carbonyl (C=O) groups excluding carboxylic acids is 1. The summed E-state index contributed by atoms with van der Waals surface area (Å²) in [7, 11) is 1.83. The number of hydrogen-bond acceptors (Lipinski definition) is 2. The maximum absolute atomic E-state index is 12.0. The number of amides is 1. The zero-order valence-electron chi connectivity index (χ0n) is 10.2. The highest BCUT2D eigenvalue weighted by molar-refractivity contribution is 5.94. The summed E-state index contributed by atoms with van der Waals surface area (Å²) in [6.45, 7) is 5.43. The van der Waals surface area contributed by atoms with Gasteiger partial charge in [-0.15, -0.1) is 0 Å². The first-order valence-electron chi connectivity index (χ1n) is 5.59. The van der Waals surface area contributed by atoms with Crippen LogP contribution in [0.2, 0.25) is 0 Å². The summed E-state index contributed by atoms with van der Waals surface area (Å²) in [4.78, 5) is 13.8. The number of nitrogens with zero attached hydrogens (tertiary/aromatic N) is 1. The molecule has 1 rings (SSSR count). The van der Waals surface area contributed by atoms with Crippen molar-refractivity contribution in [3.63, 3.8) is 0 Å². The minimum Gasteiger partial charge on any atom is -0.341 e. The number of hydrogen-bond donors (Lipinski definition) is 1. The molecule has 0 aromatic heterocycles. The van der Waals surface area contributed by atoms with Gasteiger partial charge in [-0.3, -0.25) is 4.79 Å². The Labute approximate surface area is 97.2 Å². The van der Waals surface area contributed by atoms with Crippen molar-refractivity contribution >= 4 is 5.91 Å². The van der Waals surface area contributed by atoms with E-state index >= 15 is 0 Å². The molecule has 3 heteroatoms. The second kappa shape index (κ2) is 5.66. The van der Waals surface area contributed by atoms with Crippen LogP contribution in [0.25, 0.3) is 0 Å². The van der Waals surface area contributed by atoms with Crippen molar-refractivity contribution in [2.75, 3.05) is 13.6 Å². The second-order valence-corrected chi connectivity index (χ2v) is 4.48. The molecule has 0 atom stereocenters. The minimum atomic E-state index is 0.0593. The Balaban J connectivity index is 2.79. The lowest BCUT2D eigenvalue weighted by Gasteiger charge is -2.19. The van der Waals surface area contributed by atoms with E-state index in [2.05, 4.69) is 13.8 Å². The van der Waals surface area contributed by atoms with Gasteiger partial charge in [-0.25, -0.2) is 0 Å². The molecule has 0 aliphatic heterocycles. The van der Waals surface area contributed by atoms with Gasteiger partial charge >= 0.3 is 0 Å². The van der Waals surface area contributed by atoms with Gasteiger partial charge < -0.3 is 10.6 Å². The van der Waals surface area contributed by atoms with Crippen molar-refractivity contribution in [2.45, 2.75) is 20.4 Å². The molecule has 0 fully saturated rings. The third-order valence-corrected chi connectivity index (χ3v) is 2.40. The van der Waals surface area contributed by atoms with E-state index in [1.165, 1.54) is 0 Å². The third-order valence-electron chi connectivity index (χ3n) is 2.40. The number of benzene rings is 1. The average Bonchev–Trinajstić information content (AvgIpc) is 2.27. The lowest BCUT2D eigenvalue weighted by molar-refractivity contribution is 0.0779. The van der Waals surface area contributed by atoms with Gasteiger partial charge in [0.1, 0.15) is 0 Å². The van der Waals surface area contributed by atoms with Crippen molar-refractivity contribution in [1.29, 1.82) is 0 Å². The van der Waals surface area contributed by atoms with Gasteiger partial charge in [0.15, 0.2) is 0 Å². The summed E-state index contributed by atoms with van der Waals surface area (Å²) in [5, 5.41) is 0. The first-order chi connectivity index (χ1) is 7.54. The fraction of sp³-hybridized carbons (Fsp3) is 0.462. The molecular weight excluding hydrogens is 200 g/mol. The lowest BCUT2D eigenvalue weighted by Crippen LogP contribution is -2.30. The normalized spacial score (nSPS) is 10.6. The van der Waals surface area contributed by atoms with Crippen molar-refractivity contribution < 1.29 is 4.79 Å². The summed E-state index contributed by atoms with van der Waals surface area (Å²) in [5.41, 5.74) is 7.25. The largest absolute Gasteiger partial charge is 0.341 e. The van der Waals surface area contributed by atoms with Gasteiger partial charge in [0.05, 0.1) is 0 Å². The van der Waals surface area contributed by atoms with Gasteiger partial charge in [-0.05, 0) is 23.6 Å². The number of carbonyl (C=O) groups is 1. The van der Waals surface area contributed by atoms with Gasteiger partial charge in [0, 0.05) is 25.7 Å². The van der Waals surface area contributed by atoms with Crippen LogP contribution < -0.4 is 5.73 Å². The molecular formula is C13H20N2O. The standard InChI is InChI=1S/C13H20N2O/c1-10(2)9-15(3)13(16)12-6-4-5-11(7-12)8-14/h4-7,10H,8-9,14H2,1-3H3. The van der Waals surface area contributed by atoms with Gasteiger partial charge in [0.25, 0.3) is 5.91 Å². The molecule has 1 aromatic rings. The van der Waals surface area contributed by atoms with E-state index in [0.717, 1.165) is 12.1 Å². The topological polar surface area (TPSA) is 46.3 Å². The molecule has 0 saturated carbocycles.